The summed E-state index contributed by atoms with van der Waals surface area (Å²) in [7, 11) is 3.86. The molecule has 1 fully saturated rings. The third-order valence-electron chi connectivity index (χ3n) is 7.81. The molecular weight excluding hydrogens is 613 g/mol. The third kappa shape index (κ3) is 5.67. The molecule has 2 aliphatic heterocycles. The number of carbonyl (C=O) groups excluding carboxylic acids is 4. The highest BCUT2D eigenvalue weighted by molar-refractivity contribution is 8.00. The first-order chi connectivity index (χ1) is 21.7. The molecule has 230 valence electrons. The van der Waals surface area contributed by atoms with E-state index in [2.05, 4.69) is 5.32 Å². The number of amides is 3. The zero-order valence-electron chi connectivity index (χ0n) is 24.8. The zero-order valence-corrected chi connectivity index (χ0v) is 26.4. The molecule has 0 radical (unpaired) electrons. The number of thioether (sulfide) groups is 1. The van der Waals surface area contributed by atoms with Gasteiger partial charge in [-0.25, -0.2) is 9.69 Å². The van der Waals surface area contributed by atoms with Crippen LogP contribution in [0.2, 0.25) is 0 Å². The van der Waals surface area contributed by atoms with E-state index in [1.54, 1.807) is 43.3 Å². The van der Waals surface area contributed by atoms with Crippen LogP contribution in [0.1, 0.15) is 33.6 Å². The topological polar surface area (TPSA) is 118 Å². The van der Waals surface area contributed by atoms with Crippen LogP contribution < -0.4 is 20.0 Å². The number of para-hydroxylation sites is 1. The zero-order chi connectivity index (χ0) is 31.8. The van der Waals surface area contributed by atoms with E-state index >= 15 is 0 Å². The number of fused-ring (bicyclic) bond motifs is 2. The first-order valence-electron chi connectivity index (χ1n) is 14.3. The number of anilines is 3. The van der Waals surface area contributed by atoms with E-state index in [1.165, 1.54) is 21.6 Å². The molecule has 2 aliphatic rings. The molecule has 4 aromatic rings. The summed E-state index contributed by atoms with van der Waals surface area (Å²) >= 11 is 2.15. The molecule has 10 nitrogen and oxygen atoms in total. The molecule has 0 aliphatic carbocycles. The van der Waals surface area contributed by atoms with Gasteiger partial charge in [0.15, 0.2) is 0 Å². The van der Waals surface area contributed by atoms with Gasteiger partial charge in [0.25, 0.3) is 0 Å². The summed E-state index contributed by atoms with van der Waals surface area (Å²) in [5.74, 6) is -3.04. The summed E-state index contributed by atoms with van der Waals surface area (Å²) in [5.41, 5.74) is 3.01. The minimum Gasteiger partial charge on any atom is -0.462 e. The Morgan fingerprint density at radius 2 is 1.60 bits per heavy atom. The third-order valence-corrected chi connectivity index (χ3v) is 10.4. The van der Waals surface area contributed by atoms with Crippen LogP contribution in [0, 0.1) is 5.92 Å². The van der Waals surface area contributed by atoms with Gasteiger partial charge in [-0.05, 0) is 61.0 Å². The van der Waals surface area contributed by atoms with Gasteiger partial charge in [-0.3, -0.25) is 23.7 Å². The molecule has 6 rings (SSSR count). The minimum absolute atomic E-state index is 0.226. The summed E-state index contributed by atoms with van der Waals surface area (Å²) in [6.07, 6.45) is 0. The number of ether oxygens (including phenoxy) is 1. The van der Waals surface area contributed by atoms with E-state index in [-0.39, 0.29) is 29.8 Å². The number of benzene rings is 3. The van der Waals surface area contributed by atoms with Gasteiger partial charge in [-0.1, -0.05) is 53.4 Å². The van der Waals surface area contributed by atoms with E-state index in [1.807, 2.05) is 49.3 Å². The number of imide groups is 1. The molecule has 1 aromatic heterocycles. The minimum atomic E-state index is -0.828. The molecule has 3 heterocycles. The molecule has 3 aromatic carbocycles. The summed E-state index contributed by atoms with van der Waals surface area (Å²) in [5, 5.41) is 2.50. The summed E-state index contributed by atoms with van der Waals surface area (Å²) in [4.78, 5) is 70.2. The lowest BCUT2D eigenvalue weighted by molar-refractivity contribution is -0.122. The van der Waals surface area contributed by atoms with Crippen molar-refractivity contribution in [2.24, 2.45) is 5.92 Å². The molecule has 45 heavy (non-hydrogen) atoms. The maximum Gasteiger partial charge on any atom is 0.338 e. The molecule has 0 bridgehead atoms. The normalized spacial score (nSPS) is 18.7. The van der Waals surface area contributed by atoms with Crippen molar-refractivity contribution in [1.29, 1.82) is 0 Å². The second kappa shape index (κ2) is 12.4. The Bertz CT molecular complexity index is 1830. The Balaban J connectivity index is 1.39. The number of esters is 1. The van der Waals surface area contributed by atoms with Crippen LogP contribution in [-0.2, 0) is 25.7 Å². The van der Waals surface area contributed by atoms with Crippen LogP contribution in [0.25, 0.3) is 0 Å². The molecule has 3 amide bonds. The van der Waals surface area contributed by atoms with Gasteiger partial charge in [-0.2, -0.15) is 0 Å². The van der Waals surface area contributed by atoms with Crippen molar-refractivity contribution in [1.82, 2.24) is 4.57 Å². The number of hydrogen-bond donors (Lipinski definition) is 1. The highest BCUT2D eigenvalue weighted by Crippen LogP contribution is 2.54. The number of aromatic nitrogens is 1. The van der Waals surface area contributed by atoms with E-state index in [0.717, 1.165) is 34.3 Å². The van der Waals surface area contributed by atoms with Gasteiger partial charge in [0.1, 0.15) is 11.8 Å². The smallest absolute Gasteiger partial charge is 0.338 e. The van der Waals surface area contributed by atoms with Crippen LogP contribution in [0.5, 0.6) is 0 Å². The maximum absolute atomic E-state index is 14.2. The van der Waals surface area contributed by atoms with Gasteiger partial charge in [0, 0.05) is 36.3 Å². The number of thiazole rings is 1. The highest BCUT2D eigenvalue weighted by Gasteiger charge is 2.56. The van der Waals surface area contributed by atoms with E-state index < -0.39 is 29.0 Å². The lowest BCUT2D eigenvalue weighted by Crippen LogP contribution is -2.33. The predicted molar refractivity (Wildman–Crippen MR) is 174 cm³/mol. The fraction of sp³-hybridized carbons (Fsp3) is 0.242. The Morgan fingerprint density at radius 1 is 0.911 bits per heavy atom. The van der Waals surface area contributed by atoms with E-state index in [4.69, 9.17) is 4.74 Å². The van der Waals surface area contributed by atoms with Crippen LogP contribution in [-0.4, -0.2) is 54.2 Å². The summed E-state index contributed by atoms with van der Waals surface area (Å²) in [6, 6.07) is 22.8. The average molecular weight is 643 g/mol. The summed E-state index contributed by atoms with van der Waals surface area (Å²) in [6.45, 7) is 1.70. The monoisotopic (exact) mass is 642 g/mol. The lowest BCUT2D eigenvalue weighted by atomic mass is 9.83. The van der Waals surface area contributed by atoms with Crippen LogP contribution in [0.15, 0.2) is 88.7 Å². The largest absolute Gasteiger partial charge is 0.462 e. The number of hydrogen-bond acceptors (Lipinski definition) is 9. The van der Waals surface area contributed by atoms with Gasteiger partial charge in [0.2, 0.25) is 17.7 Å². The van der Waals surface area contributed by atoms with Crippen LogP contribution in [0.4, 0.5) is 17.1 Å². The van der Waals surface area contributed by atoms with Gasteiger partial charge >= 0.3 is 10.8 Å². The first-order valence-corrected chi connectivity index (χ1v) is 16.0. The maximum atomic E-state index is 14.2. The quantitative estimate of drug-likeness (QED) is 0.219. The SMILES string of the molecule is CCOC(=O)c1ccc(N2C(=O)C3Sc4c(sc(=O)n4CC(=O)Nc4ccccc4)C(c4ccc(N(C)C)cc4)C3C2=O)cc1. The second-order valence-electron chi connectivity index (χ2n) is 10.8. The van der Waals surface area contributed by atoms with E-state index in [9.17, 15) is 24.0 Å². The van der Waals surface area contributed by atoms with Crippen molar-refractivity contribution in [2.75, 3.05) is 35.8 Å². The lowest BCUT2D eigenvalue weighted by Gasteiger charge is -2.31. The predicted octanol–water partition coefficient (Wildman–Crippen LogP) is 4.59. The Morgan fingerprint density at radius 3 is 2.24 bits per heavy atom. The van der Waals surface area contributed by atoms with Crippen LogP contribution >= 0.6 is 23.1 Å². The first kappa shape index (κ1) is 30.4. The molecule has 3 atom stereocenters. The second-order valence-corrected chi connectivity index (χ2v) is 13.0. The molecule has 1 N–H and O–H groups in total. The van der Waals surface area contributed by atoms with Gasteiger partial charge < -0.3 is 15.0 Å². The van der Waals surface area contributed by atoms with Crippen molar-refractivity contribution >= 4 is 63.9 Å². The van der Waals surface area contributed by atoms with Crippen molar-refractivity contribution in [3.8, 4) is 0 Å². The number of nitrogens with one attached hydrogen (secondary N) is 1. The Hall–Kier alpha value is -4.68. The highest BCUT2D eigenvalue weighted by atomic mass is 32.2. The van der Waals surface area contributed by atoms with Crippen molar-refractivity contribution in [2.45, 2.75) is 29.7 Å². The molecule has 0 spiro atoms. The van der Waals surface area contributed by atoms with Gasteiger partial charge in [-0.15, -0.1) is 0 Å². The summed E-state index contributed by atoms with van der Waals surface area (Å²) < 4.78 is 6.46. The van der Waals surface area contributed by atoms with Crippen molar-refractivity contribution in [3.05, 3.63) is 105 Å². The Labute approximate surface area is 267 Å². The van der Waals surface area contributed by atoms with Crippen molar-refractivity contribution < 1.29 is 23.9 Å². The van der Waals surface area contributed by atoms with Crippen molar-refractivity contribution in [3.63, 3.8) is 0 Å². The molecule has 1 saturated heterocycles. The number of carbonyl (C=O) groups is 4. The Kier molecular flexibility index (Phi) is 8.34. The number of rotatable bonds is 8. The van der Waals surface area contributed by atoms with Crippen LogP contribution in [0.3, 0.4) is 0 Å². The molecular formula is C33H30N4O6S2. The fourth-order valence-corrected chi connectivity index (χ4v) is 8.45. The molecule has 0 saturated carbocycles. The standard InChI is InChI=1S/C33H30N4O6S2/c1-4-43-32(41)20-12-16-23(17-13-20)37-29(39)26-25(19-10-14-22(15-11-19)35(2)3)28-31(44-27(26)30(37)40)36(33(42)45-28)18-24(38)34-21-8-6-5-7-9-21/h5-17,25-27H,4,18H2,1-3H3,(H,34,38). The number of nitrogens with zero attached hydrogens (tertiary/aromatic N) is 3. The fourth-order valence-electron chi connectivity index (χ4n) is 5.68. The van der Waals surface area contributed by atoms with E-state index in [0.29, 0.717) is 26.8 Å². The average Bonchev–Trinajstić information content (AvgIpc) is 3.47. The van der Waals surface area contributed by atoms with Gasteiger partial charge in [0.05, 0.1) is 28.8 Å². The molecule has 3 unspecified atom stereocenters. The molecule has 12 heteroatoms.